The minimum absolute atomic E-state index is 0.0269. The molecule has 2 aliphatic heterocycles. The standard InChI is InChI=1S/C11H18N4O/c1-5-16-11-9-10(13-8(4)14-11)15(6-12-9)7(2)3/h6-7,9-10H,5H2,1-4H3. The average Bonchev–Trinajstić information content (AvgIpc) is 2.61. The Morgan fingerprint density at radius 1 is 1.50 bits per heavy atom. The molecule has 0 radical (unpaired) electrons. The second kappa shape index (κ2) is 4.23. The van der Waals surface area contributed by atoms with Crippen molar-refractivity contribution in [2.24, 2.45) is 15.0 Å². The summed E-state index contributed by atoms with van der Waals surface area (Å²) in [4.78, 5) is 15.4. The Balaban J connectivity index is 2.23. The van der Waals surface area contributed by atoms with Crippen molar-refractivity contribution in [3.05, 3.63) is 0 Å². The Morgan fingerprint density at radius 3 is 2.88 bits per heavy atom. The van der Waals surface area contributed by atoms with Crippen LogP contribution in [0.4, 0.5) is 0 Å². The van der Waals surface area contributed by atoms with E-state index in [9.17, 15) is 0 Å². The number of hydrogen-bond acceptors (Lipinski definition) is 5. The molecule has 0 aliphatic carbocycles. The fourth-order valence-corrected chi connectivity index (χ4v) is 1.94. The Morgan fingerprint density at radius 2 is 2.25 bits per heavy atom. The van der Waals surface area contributed by atoms with Crippen molar-refractivity contribution in [1.82, 2.24) is 4.90 Å². The van der Waals surface area contributed by atoms with Crippen molar-refractivity contribution in [1.29, 1.82) is 0 Å². The smallest absolute Gasteiger partial charge is 0.219 e. The first-order chi connectivity index (χ1) is 7.63. The highest BCUT2D eigenvalue weighted by Gasteiger charge is 2.38. The number of amidine groups is 1. The van der Waals surface area contributed by atoms with Crippen LogP contribution in [0.3, 0.4) is 0 Å². The van der Waals surface area contributed by atoms with Crippen molar-refractivity contribution < 1.29 is 4.74 Å². The molecule has 16 heavy (non-hydrogen) atoms. The van der Waals surface area contributed by atoms with Gasteiger partial charge in [-0.05, 0) is 27.7 Å². The molecule has 0 saturated carbocycles. The highest BCUT2D eigenvalue weighted by atomic mass is 16.5. The molecule has 2 unspecified atom stereocenters. The molecule has 0 aromatic heterocycles. The summed E-state index contributed by atoms with van der Waals surface area (Å²) in [5, 5.41) is 0. The van der Waals surface area contributed by atoms with Gasteiger partial charge in [0.1, 0.15) is 5.84 Å². The normalized spacial score (nSPS) is 27.9. The first-order valence-electron chi connectivity index (χ1n) is 5.70. The van der Waals surface area contributed by atoms with Crippen LogP contribution in [0.2, 0.25) is 0 Å². The summed E-state index contributed by atoms with van der Waals surface area (Å²) >= 11 is 0. The molecule has 88 valence electrons. The van der Waals surface area contributed by atoms with Gasteiger partial charge in [-0.1, -0.05) is 0 Å². The van der Waals surface area contributed by atoms with E-state index in [1.165, 1.54) is 0 Å². The van der Waals surface area contributed by atoms with E-state index in [-0.39, 0.29) is 12.2 Å². The highest BCUT2D eigenvalue weighted by Crippen LogP contribution is 2.23. The van der Waals surface area contributed by atoms with E-state index in [2.05, 4.69) is 33.7 Å². The topological polar surface area (TPSA) is 49.6 Å². The maximum Gasteiger partial charge on any atom is 0.219 e. The van der Waals surface area contributed by atoms with E-state index in [4.69, 9.17) is 4.74 Å². The molecule has 0 saturated heterocycles. The molecule has 0 aromatic rings. The molecule has 0 fully saturated rings. The molecule has 2 atom stereocenters. The van der Waals surface area contributed by atoms with E-state index in [0.29, 0.717) is 18.5 Å². The predicted octanol–water partition coefficient (Wildman–Crippen LogP) is 1.30. The number of rotatable bonds is 2. The van der Waals surface area contributed by atoms with Crippen LogP contribution in [0, 0.1) is 0 Å². The lowest BCUT2D eigenvalue weighted by Crippen LogP contribution is -2.45. The molecular weight excluding hydrogens is 204 g/mol. The van der Waals surface area contributed by atoms with Gasteiger partial charge in [-0.15, -0.1) is 0 Å². The molecule has 2 aliphatic rings. The molecule has 2 heterocycles. The van der Waals surface area contributed by atoms with Crippen molar-refractivity contribution in [2.75, 3.05) is 6.61 Å². The minimum Gasteiger partial charge on any atom is -0.479 e. The zero-order valence-electron chi connectivity index (χ0n) is 10.2. The first kappa shape index (κ1) is 11.1. The molecule has 0 amide bonds. The van der Waals surface area contributed by atoms with Crippen LogP contribution in [0.1, 0.15) is 27.7 Å². The van der Waals surface area contributed by atoms with Crippen LogP contribution in [0.5, 0.6) is 0 Å². The van der Waals surface area contributed by atoms with Crippen molar-refractivity contribution in [3.8, 4) is 0 Å². The highest BCUT2D eigenvalue weighted by molar-refractivity contribution is 5.99. The van der Waals surface area contributed by atoms with E-state index in [0.717, 1.165) is 5.84 Å². The van der Waals surface area contributed by atoms with Crippen LogP contribution < -0.4 is 0 Å². The third-order valence-corrected chi connectivity index (χ3v) is 2.68. The molecule has 2 rings (SSSR count). The molecular formula is C11H18N4O. The summed E-state index contributed by atoms with van der Waals surface area (Å²) in [6.45, 7) is 8.73. The summed E-state index contributed by atoms with van der Waals surface area (Å²) in [6, 6.07) is 0.322. The second-order valence-electron chi connectivity index (χ2n) is 4.22. The van der Waals surface area contributed by atoms with Gasteiger partial charge in [-0.2, -0.15) is 0 Å². The summed E-state index contributed by atoms with van der Waals surface area (Å²) in [5.41, 5.74) is 0. The minimum atomic E-state index is -0.0638. The Labute approximate surface area is 95.9 Å². The Hall–Kier alpha value is -1.39. The van der Waals surface area contributed by atoms with E-state index >= 15 is 0 Å². The number of ether oxygens (including phenoxy) is 1. The lowest BCUT2D eigenvalue weighted by Gasteiger charge is -2.30. The van der Waals surface area contributed by atoms with Gasteiger partial charge in [0.25, 0.3) is 0 Å². The van der Waals surface area contributed by atoms with E-state index in [1.807, 2.05) is 20.2 Å². The quantitative estimate of drug-likeness (QED) is 0.707. The lowest BCUT2D eigenvalue weighted by molar-refractivity contribution is 0.255. The molecule has 0 spiro atoms. The first-order valence-corrected chi connectivity index (χ1v) is 5.70. The third-order valence-electron chi connectivity index (χ3n) is 2.68. The van der Waals surface area contributed by atoms with Crippen LogP contribution in [-0.4, -0.2) is 47.8 Å². The van der Waals surface area contributed by atoms with Gasteiger partial charge in [0.2, 0.25) is 5.90 Å². The zero-order chi connectivity index (χ0) is 11.7. The molecule has 0 aromatic carbocycles. The predicted molar refractivity (Wildman–Crippen MR) is 65.2 cm³/mol. The molecule has 5 heteroatoms. The SMILES string of the molecule is CCOC1=NC(C)=NC2C1N=CN2C(C)C. The van der Waals surface area contributed by atoms with Crippen LogP contribution in [0.25, 0.3) is 0 Å². The fourth-order valence-electron chi connectivity index (χ4n) is 1.94. The zero-order valence-corrected chi connectivity index (χ0v) is 10.2. The average molecular weight is 222 g/mol. The van der Waals surface area contributed by atoms with Gasteiger partial charge in [-0.3, -0.25) is 4.99 Å². The summed E-state index contributed by atoms with van der Waals surface area (Å²) in [7, 11) is 0. The number of nitrogens with zero attached hydrogens (tertiary/aromatic N) is 4. The van der Waals surface area contributed by atoms with Gasteiger partial charge in [0.15, 0.2) is 12.2 Å². The van der Waals surface area contributed by atoms with Crippen LogP contribution in [-0.2, 0) is 4.74 Å². The Kier molecular flexibility index (Phi) is 2.94. The van der Waals surface area contributed by atoms with E-state index in [1.54, 1.807) is 0 Å². The summed E-state index contributed by atoms with van der Waals surface area (Å²) in [6.07, 6.45) is 1.88. The molecule has 0 bridgehead atoms. The van der Waals surface area contributed by atoms with Gasteiger partial charge in [-0.25, -0.2) is 9.98 Å². The van der Waals surface area contributed by atoms with Crippen molar-refractivity contribution in [2.45, 2.75) is 45.9 Å². The van der Waals surface area contributed by atoms with Gasteiger partial charge < -0.3 is 9.64 Å². The monoisotopic (exact) mass is 222 g/mol. The van der Waals surface area contributed by atoms with Gasteiger partial charge >= 0.3 is 0 Å². The van der Waals surface area contributed by atoms with Crippen LogP contribution in [0.15, 0.2) is 15.0 Å². The van der Waals surface area contributed by atoms with Crippen molar-refractivity contribution in [3.63, 3.8) is 0 Å². The van der Waals surface area contributed by atoms with E-state index < -0.39 is 0 Å². The lowest BCUT2D eigenvalue weighted by atomic mass is 10.2. The maximum atomic E-state index is 5.52. The summed E-state index contributed by atoms with van der Waals surface area (Å²) < 4.78 is 5.52. The summed E-state index contributed by atoms with van der Waals surface area (Å²) in [5.74, 6) is 1.46. The second-order valence-corrected chi connectivity index (χ2v) is 4.22. The Bertz CT molecular complexity index is 359. The third kappa shape index (κ3) is 1.81. The number of fused-ring (bicyclic) bond motifs is 1. The molecule has 5 nitrogen and oxygen atoms in total. The number of aliphatic imine (C=N–C) groups is 3. The van der Waals surface area contributed by atoms with Gasteiger partial charge in [0, 0.05) is 6.04 Å². The van der Waals surface area contributed by atoms with Crippen LogP contribution >= 0.6 is 0 Å². The van der Waals surface area contributed by atoms with Crippen molar-refractivity contribution >= 4 is 18.1 Å². The van der Waals surface area contributed by atoms with Gasteiger partial charge in [0.05, 0.1) is 12.9 Å². The maximum absolute atomic E-state index is 5.52. The fraction of sp³-hybridized carbons (Fsp3) is 0.727. The molecule has 0 N–H and O–H groups in total. The largest absolute Gasteiger partial charge is 0.479 e. The number of hydrogen-bond donors (Lipinski definition) is 0.